The molecule has 0 saturated carbocycles. The molecule has 0 bridgehead atoms. The van der Waals surface area contributed by atoms with Crippen molar-refractivity contribution in [3.63, 3.8) is 0 Å². The molecule has 0 unspecified atom stereocenters. The van der Waals surface area contributed by atoms with Gasteiger partial charge in [0.25, 0.3) is 10.0 Å². The summed E-state index contributed by atoms with van der Waals surface area (Å²) in [4.78, 5) is 12.1. The molecule has 3 aromatic rings. The summed E-state index contributed by atoms with van der Waals surface area (Å²) in [6.07, 6.45) is 2.88. The molecule has 0 heterocycles. The second-order valence-electron chi connectivity index (χ2n) is 6.80. The lowest BCUT2D eigenvalue weighted by Crippen LogP contribution is -2.13. The Bertz CT molecular complexity index is 1190. The molecule has 3 aromatic carbocycles. The molecular formula is C23H21FN2O3S. The highest BCUT2D eigenvalue weighted by atomic mass is 32.2. The molecule has 0 saturated heterocycles. The minimum Gasteiger partial charge on any atom is -0.323 e. The number of anilines is 2. The van der Waals surface area contributed by atoms with E-state index in [-0.39, 0.29) is 16.6 Å². The van der Waals surface area contributed by atoms with Gasteiger partial charge in [0, 0.05) is 17.5 Å². The van der Waals surface area contributed by atoms with E-state index < -0.39 is 10.0 Å². The van der Waals surface area contributed by atoms with Gasteiger partial charge in [-0.1, -0.05) is 18.2 Å². The zero-order valence-electron chi connectivity index (χ0n) is 16.5. The first-order valence-corrected chi connectivity index (χ1v) is 10.7. The van der Waals surface area contributed by atoms with Crippen molar-refractivity contribution in [1.29, 1.82) is 0 Å². The Hall–Kier alpha value is -3.45. The highest BCUT2D eigenvalue weighted by Gasteiger charge is 2.14. The van der Waals surface area contributed by atoms with Crippen LogP contribution in [0.3, 0.4) is 0 Å². The van der Waals surface area contributed by atoms with Gasteiger partial charge in [-0.15, -0.1) is 0 Å². The van der Waals surface area contributed by atoms with Gasteiger partial charge in [-0.2, -0.15) is 0 Å². The van der Waals surface area contributed by atoms with Gasteiger partial charge in [0.2, 0.25) is 5.91 Å². The Balaban J connectivity index is 1.65. The zero-order valence-corrected chi connectivity index (χ0v) is 17.3. The average molecular weight is 424 g/mol. The number of benzene rings is 3. The smallest absolute Gasteiger partial charge is 0.261 e. The maximum Gasteiger partial charge on any atom is 0.261 e. The molecule has 0 atom stereocenters. The Morgan fingerprint density at radius 3 is 2.13 bits per heavy atom. The van der Waals surface area contributed by atoms with Crippen LogP contribution >= 0.6 is 0 Å². The summed E-state index contributed by atoms with van der Waals surface area (Å²) in [5.74, 6) is -0.734. The molecule has 0 fully saturated rings. The lowest BCUT2D eigenvalue weighted by Gasteiger charge is -2.10. The number of aryl methyl sites for hydroxylation is 2. The minimum absolute atomic E-state index is 0.0839. The van der Waals surface area contributed by atoms with Crippen LogP contribution in [-0.2, 0) is 14.8 Å². The van der Waals surface area contributed by atoms with Crippen molar-refractivity contribution in [2.24, 2.45) is 0 Å². The molecule has 30 heavy (non-hydrogen) atoms. The van der Waals surface area contributed by atoms with Crippen molar-refractivity contribution >= 4 is 33.4 Å². The Morgan fingerprint density at radius 2 is 1.50 bits per heavy atom. The first-order valence-electron chi connectivity index (χ1n) is 9.18. The normalized spacial score (nSPS) is 11.4. The summed E-state index contributed by atoms with van der Waals surface area (Å²) in [5, 5.41) is 2.65. The van der Waals surface area contributed by atoms with E-state index in [4.69, 9.17) is 0 Å². The largest absolute Gasteiger partial charge is 0.323 e. The van der Waals surface area contributed by atoms with Crippen LogP contribution in [0.25, 0.3) is 6.08 Å². The minimum atomic E-state index is -3.75. The topological polar surface area (TPSA) is 75.3 Å². The molecule has 0 aromatic heterocycles. The number of hydrogen-bond acceptors (Lipinski definition) is 3. The predicted molar refractivity (Wildman–Crippen MR) is 117 cm³/mol. The number of rotatable bonds is 6. The van der Waals surface area contributed by atoms with Gasteiger partial charge >= 0.3 is 0 Å². The van der Waals surface area contributed by atoms with Gasteiger partial charge in [-0.05, 0) is 85.1 Å². The van der Waals surface area contributed by atoms with E-state index in [0.717, 1.165) is 11.1 Å². The molecule has 0 radical (unpaired) electrons. The van der Waals surface area contributed by atoms with Crippen molar-refractivity contribution in [2.45, 2.75) is 18.7 Å². The summed E-state index contributed by atoms with van der Waals surface area (Å²) in [6.45, 7) is 3.87. The van der Waals surface area contributed by atoms with Crippen molar-refractivity contribution < 1.29 is 17.6 Å². The lowest BCUT2D eigenvalue weighted by atomic mass is 10.1. The summed E-state index contributed by atoms with van der Waals surface area (Å²) in [5.41, 5.74) is 3.69. The Labute approximate surface area is 175 Å². The molecule has 7 heteroatoms. The number of nitrogens with one attached hydrogen (secondary N) is 2. The molecular weight excluding hydrogens is 403 g/mol. The fourth-order valence-electron chi connectivity index (χ4n) is 2.67. The van der Waals surface area contributed by atoms with Crippen LogP contribution < -0.4 is 10.0 Å². The monoisotopic (exact) mass is 424 g/mol. The van der Waals surface area contributed by atoms with Gasteiger partial charge in [0.15, 0.2) is 0 Å². The van der Waals surface area contributed by atoms with Gasteiger partial charge in [-0.25, -0.2) is 12.8 Å². The third kappa shape index (κ3) is 5.55. The fourth-order valence-corrected chi connectivity index (χ4v) is 3.72. The third-order valence-electron chi connectivity index (χ3n) is 4.49. The number of halogens is 1. The van der Waals surface area contributed by atoms with Gasteiger partial charge < -0.3 is 5.32 Å². The van der Waals surface area contributed by atoms with E-state index in [9.17, 15) is 17.6 Å². The number of carbonyl (C=O) groups is 1. The molecule has 0 aliphatic carbocycles. The van der Waals surface area contributed by atoms with Crippen molar-refractivity contribution in [3.05, 3.63) is 95.3 Å². The van der Waals surface area contributed by atoms with E-state index in [1.54, 1.807) is 30.3 Å². The van der Waals surface area contributed by atoms with Crippen molar-refractivity contribution in [3.8, 4) is 0 Å². The Morgan fingerprint density at radius 1 is 0.867 bits per heavy atom. The molecule has 3 rings (SSSR count). The lowest BCUT2D eigenvalue weighted by molar-refractivity contribution is -0.111. The van der Waals surface area contributed by atoms with E-state index in [1.165, 1.54) is 42.5 Å². The van der Waals surface area contributed by atoms with Gasteiger partial charge in [0.1, 0.15) is 5.82 Å². The van der Waals surface area contributed by atoms with Crippen LogP contribution in [0, 0.1) is 19.7 Å². The van der Waals surface area contributed by atoms with Crippen LogP contribution in [0.15, 0.2) is 77.7 Å². The predicted octanol–water partition coefficient (Wildman–Crippen LogP) is 4.90. The highest BCUT2D eigenvalue weighted by molar-refractivity contribution is 7.92. The Kier molecular flexibility index (Phi) is 6.32. The summed E-state index contributed by atoms with van der Waals surface area (Å²) in [7, 11) is -3.75. The molecule has 5 nitrogen and oxygen atoms in total. The summed E-state index contributed by atoms with van der Waals surface area (Å²) >= 11 is 0. The van der Waals surface area contributed by atoms with E-state index in [0.29, 0.717) is 16.9 Å². The molecule has 1 amide bonds. The highest BCUT2D eigenvalue weighted by Crippen LogP contribution is 2.20. The maximum atomic E-state index is 12.9. The number of carbonyl (C=O) groups excluding carboxylic acids is 1. The maximum absolute atomic E-state index is 12.9. The second kappa shape index (κ2) is 8.92. The molecule has 0 aliphatic rings. The van der Waals surface area contributed by atoms with E-state index in [1.807, 2.05) is 19.9 Å². The zero-order chi connectivity index (χ0) is 21.7. The molecule has 0 spiro atoms. The standard InChI is InChI=1S/C23H21FN2O3S/c1-16-3-9-21(15-17(16)2)26-30(28,29)22-12-10-20(11-13-22)25-23(27)14-6-18-4-7-19(24)8-5-18/h3-15,26H,1-2H3,(H,25,27)/b14-6+. The van der Waals surface area contributed by atoms with Crippen LogP contribution in [0.5, 0.6) is 0 Å². The van der Waals surface area contributed by atoms with Gasteiger partial charge in [-0.3, -0.25) is 9.52 Å². The van der Waals surface area contributed by atoms with Gasteiger partial charge in [0.05, 0.1) is 4.90 Å². The first-order chi connectivity index (χ1) is 14.2. The molecule has 2 N–H and O–H groups in total. The van der Waals surface area contributed by atoms with E-state index in [2.05, 4.69) is 10.0 Å². The second-order valence-corrected chi connectivity index (χ2v) is 8.49. The van der Waals surface area contributed by atoms with Crippen LogP contribution in [0.2, 0.25) is 0 Å². The average Bonchev–Trinajstić information content (AvgIpc) is 2.70. The molecule has 0 aliphatic heterocycles. The van der Waals surface area contributed by atoms with Crippen LogP contribution in [0.4, 0.5) is 15.8 Å². The van der Waals surface area contributed by atoms with Crippen LogP contribution in [0.1, 0.15) is 16.7 Å². The third-order valence-corrected chi connectivity index (χ3v) is 5.89. The summed E-state index contributed by atoms with van der Waals surface area (Å²) < 4.78 is 40.6. The SMILES string of the molecule is Cc1ccc(NS(=O)(=O)c2ccc(NC(=O)/C=C/c3ccc(F)cc3)cc2)cc1C. The summed E-state index contributed by atoms with van der Waals surface area (Å²) in [6, 6.07) is 16.9. The fraction of sp³-hybridized carbons (Fsp3) is 0.0870. The number of amides is 1. The van der Waals surface area contributed by atoms with Crippen LogP contribution in [-0.4, -0.2) is 14.3 Å². The molecule has 154 valence electrons. The quantitative estimate of drug-likeness (QED) is 0.553. The van der Waals surface area contributed by atoms with Crippen molar-refractivity contribution in [1.82, 2.24) is 0 Å². The van der Waals surface area contributed by atoms with Crippen molar-refractivity contribution in [2.75, 3.05) is 10.0 Å². The first kappa shape index (κ1) is 21.3. The number of sulfonamides is 1. The number of hydrogen-bond donors (Lipinski definition) is 2. The van der Waals surface area contributed by atoms with E-state index >= 15 is 0 Å².